The smallest absolute Gasteiger partial charge is 0.125 e. The van der Waals surface area contributed by atoms with Gasteiger partial charge in [-0.1, -0.05) is 84.9 Å². The van der Waals surface area contributed by atoms with Gasteiger partial charge in [-0.25, -0.2) is 4.98 Å². The van der Waals surface area contributed by atoms with Gasteiger partial charge in [0.05, 0.1) is 17.0 Å². The number of benzene rings is 5. The molecule has 0 spiro atoms. The van der Waals surface area contributed by atoms with Gasteiger partial charge in [0.2, 0.25) is 0 Å². The van der Waals surface area contributed by atoms with Crippen molar-refractivity contribution in [2.75, 3.05) is 0 Å². The third-order valence-electron chi connectivity index (χ3n) is 6.05. The summed E-state index contributed by atoms with van der Waals surface area (Å²) in [6.07, 6.45) is 0. The van der Waals surface area contributed by atoms with Crippen LogP contribution in [0.1, 0.15) is 0 Å². The molecule has 0 fully saturated rings. The highest BCUT2D eigenvalue weighted by Gasteiger charge is 2.18. The van der Waals surface area contributed by atoms with Gasteiger partial charge in [0.1, 0.15) is 11.5 Å². The summed E-state index contributed by atoms with van der Waals surface area (Å²) in [5, 5.41) is 27.6. The second-order valence-corrected chi connectivity index (χ2v) is 7.94. The topological polar surface area (TPSA) is 53.4 Å². The molecule has 6 rings (SSSR count). The van der Waals surface area contributed by atoms with Gasteiger partial charge in [-0.3, -0.25) is 0 Å². The number of fused-ring (bicyclic) bond motifs is 3. The molecule has 0 aliphatic carbocycles. The first-order valence-corrected chi connectivity index (χ1v) is 10.5. The Bertz CT molecular complexity index is 1650. The van der Waals surface area contributed by atoms with E-state index in [1.165, 1.54) is 0 Å². The van der Waals surface area contributed by atoms with E-state index in [2.05, 4.69) is 0 Å². The number of pyridine rings is 1. The van der Waals surface area contributed by atoms with Crippen LogP contribution < -0.4 is 0 Å². The Kier molecular flexibility index (Phi) is 4.08. The van der Waals surface area contributed by atoms with Crippen LogP contribution in [0.3, 0.4) is 0 Å². The molecule has 2 N–H and O–H groups in total. The molecule has 0 amide bonds. The molecule has 0 aliphatic heterocycles. The van der Waals surface area contributed by atoms with Crippen LogP contribution in [0, 0.1) is 0 Å². The minimum Gasteiger partial charge on any atom is -0.507 e. The van der Waals surface area contributed by atoms with Crippen molar-refractivity contribution in [3.8, 4) is 34.0 Å². The van der Waals surface area contributed by atoms with Gasteiger partial charge < -0.3 is 10.2 Å². The van der Waals surface area contributed by atoms with E-state index < -0.39 is 0 Å². The Hall–Kier alpha value is -4.37. The Morgan fingerprint density at radius 1 is 0.469 bits per heavy atom. The van der Waals surface area contributed by atoms with Crippen LogP contribution in [0.4, 0.5) is 0 Å². The lowest BCUT2D eigenvalue weighted by molar-refractivity contribution is 0.478. The summed E-state index contributed by atoms with van der Waals surface area (Å²) in [5.74, 6) is 0.361. The molecule has 152 valence electrons. The first-order chi connectivity index (χ1) is 15.7. The molecular formula is C29H19NO2. The normalized spacial score (nSPS) is 11.4. The van der Waals surface area contributed by atoms with Crippen LogP contribution in [0.5, 0.6) is 11.5 Å². The fraction of sp³-hybridized carbons (Fsp3) is 0. The van der Waals surface area contributed by atoms with Gasteiger partial charge in [0.25, 0.3) is 0 Å². The van der Waals surface area contributed by atoms with Crippen molar-refractivity contribution in [3.05, 3.63) is 103 Å². The predicted octanol–water partition coefficient (Wildman–Crippen LogP) is 7.29. The molecule has 0 aliphatic rings. The molecule has 0 saturated heterocycles. The van der Waals surface area contributed by atoms with E-state index in [1.54, 1.807) is 12.1 Å². The Labute approximate surface area is 184 Å². The van der Waals surface area contributed by atoms with Crippen molar-refractivity contribution in [2.24, 2.45) is 0 Å². The molecule has 0 bridgehead atoms. The van der Waals surface area contributed by atoms with Crippen LogP contribution in [-0.4, -0.2) is 15.2 Å². The Morgan fingerprint density at radius 2 is 0.969 bits per heavy atom. The zero-order chi connectivity index (χ0) is 21.7. The molecule has 1 aromatic heterocycles. The highest BCUT2D eigenvalue weighted by Crippen LogP contribution is 2.42. The number of phenolic OH excluding ortho intramolecular Hbond substituents is 2. The summed E-state index contributed by atoms with van der Waals surface area (Å²) in [6, 6.07) is 33.2. The quantitative estimate of drug-likeness (QED) is 0.313. The molecule has 3 nitrogen and oxygen atoms in total. The van der Waals surface area contributed by atoms with E-state index in [-0.39, 0.29) is 11.5 Å². The summed E-state index contributed by atoms with van der Waals surface area (Å²) in [6.45, 7) is 0. The highest BCUT2D eigenvalue weighted by molar-refractivity contribution is 6.08. The molecule has 6 aromatic rings. The fourth-order valence-corrected chi connectivity index (χ4v) is 4.56. The largest absolute Gasteiger partial charge is 0.507 e. The van der Waals surface area contributed by atoms with E-state index in [1.807, 2.05) is 91.0 Å². The van der Waals surface area contributed by atoms with Crippen LogP contribution >= 0.6 is 0 Å². The first-order valence-electron chi connectivity index (χ1n) is 10.5. The molecular weight excluding hydrogens is 394 g/mol. The van der Waals surface area contributed by atoms with E-state index in [4.69, 9.17) is 4.98 Å². The first kappa shape index (κ1) is 18.4. The SMILES string of the molecule is Oc1ccc2ccccc2c1-c1cc2ccccc2c(-c2c(O)ccc3ccccc23)n1. The van der Waals surface area contributed by atoms with Gasteiger partial charge in [-0.05, 0) is 45.1 Å². The number of hydrogen-bond acceptors (Lipinski definition) is 3. The van der Waals surface area contributed by atoms with E-state index in [0.717, 1.165) is 32.3 Å². The van der Waals surface area contributed by atoms with Gasteiger partial charge in [-0.2, -0.15) is 0 Å². The summed E-state index contributed by atoms with van der Waals surface area (Å²) in [4.78, 5) is 5.04. The second kappa shape index (κ2) is 7.10. The molecule has 0 radical (unpaired) electrons. The van der Waals surface area contributed by atoms with Gasteiger partial charge in [0.15, 0.2) is 0 Å². The summed E-state index contributed by atoms with van der Waals surface area (Å²) >= 11 is 0. The Morgan fingerprint density at radius 3 is 1.62 bits per heavy atom. The number of nitrogens with zero attached hydrogens (tertiary/aromatic N) is 1. The fourth-order valence-electron chi connectivity index (χ4n) is 4.56. The molecule has 5 aromatic carbocycles. The number of hydrogen-bond donors (Lipinski definition) is 2. The maximum Gasteiger partial charge on any atom is 0.125 e. The zero-order valence-electron chi connectivity index (χ0n) is 17.2. The van der Waals surface area contributed by atoms with Gasteiger partial charge >= 0.3 is 0 Å². The number of phenols is 2. The zero-order valence-corrected chi connectivity index (χ0v) is 17.2. The predicted molar refractivity (Wildman–Crippen MR) is 131 cm³/mol. The maximum absolute atomic E-state index is 10.9. The van der Waals surface area contributed by atoms with Crippen LogP contribution in [0.2, 0.25) is 0 Å². The summed E-state index contributed by atoms with van der Waals surface area (Å²) in [7, 11) is 0. The van der Waals surface area contributed by atoms with Crippen molar-refractivity contribution in [2.45, 2.75) is 0 Å². The summed E-state index contributed by atoms with van der Waals surface area (Å²) in [5.41, 5.74) is 2.75. The minimum absolute atomic E-state index is 0.180. The van der Waals surface area contributed by atoms with Crippen LogP contribution in [-0.2, 0) is 0 Å². The molecule has 0 unspecified atom stereocenters. The molecule has 1 heterocycles. The maximum atomic E-state index is 10.9. The standard InChI is InChI=1S/C29H19NO2/c31-25-15-13-18-7-1-4-10-21(18)27(25)24-17-20-9-3-6-12-23(20)29(30-24)28-22-11-5-2-8-19(22)14-16-26(28)32/h1-17,31-32H. The van der Waals surface area contributed by atoms with Crippen molar-refractivity contribution in [1.82, 2.24) is 4.98 Å². The number of rotatable bonds is 2. The van der Waals surface area contributed by atoms with Crippen LogP contribution in [0.15, 0.2) is 103 Å². The molecule has 0 atom stereocenters. The van der Waals surface area contributed by atoms with E-state index >= 15 is 0 Å². The molecule has 32 heavy (non-hydrogen) atoms. The molecule has 3 heteroatoms. The Balaban J connectivity index is 1.76. The monoisotopic (exact) mass is 413 g/mol. The van der Waals surface area contributed by atoms with Crippen molar-refractivity contribution in [1.29, 1.82) is 0 Å². The third kappa shape index (κ3) is 2.79. The van der Waals surface area contributed by atoms with E-state index in [0.29, 0.717) is 22.5 Å². The number of aromatic nitrogens is 1. The van der Waals surface area contributed by atoms with E-state index in [9.17, 15) is 10.2 Å². The lowest BCUT2D eigenvalue weighted by Crippen LogP contribution is -1.94. The highest BCUT2D eigenvalue weighted by atomic mass is 16.3. The minimum atomic E-state index is 0.180. The third-order valence-corrected chi connectivity index (χ3v) is 6.05. The molecule has 0 saturated carbocycles. The average Bonchev–Trinajstić information content (AvgIpc) is 2.83. The van der Waals surface area contributed by atoms with Gasteiger partial charge in [0, 0.05) is 10.9 Å². The van der Waals surface area contributed by atoms with Crippen LogP contribution in [0.25, 0.3) is 54.8 Å². The average molecular weight is 413 g/mol. The van der Waals surface area contributed by atoms with Crippen molar-refractivity contribution in [3.63, 3.8) is 0 Å². The van der Waals surface area contributed by atoms with Gasteiger partial charge in [-0.15, -0.1) is 0 Å². The second-order valence-electron chi connectivity index (χ2n) is 7.94. The van der Waals surface area contributed by atoms with Crippen molar-refractivity contribution >= 4 is 32.3 Å². The van der Waals surface area contributed by atoms with Crippen molar-refractivity contribution < 1.29 is 10.2 Å². The summed E-state index contributed by atoms with van der Waals surface area (Å²) < 4.78 is 0. The number of aromatic hydroxyl groups is 2. The lowest BCUT2D eigenvalue weighted by Gasteiger charge is -2.15. The lowest BCUT2D eigenvalue weighted by atomic mass is 9.94.